The quantitative estimate of drug-likeness (QED) is 0.586. The van der Waals surface area contributed by atoms with Crippen molar-refractivity contribution < 1.29 is 4.74 Å². The third kappa shape index (κ3) is 12.2. The third-order valence-electron chi connectivity index (χ3n) is 3.02. The highest BCUT2D eigenvalue weighted by Gasteiger charge is 2.08. The highest BCUT2D eigenvalue weighted by Crippen LogP contribution is 2.12. The van der Waals surface area contributed by atoms with Crippen LogP contribution in [0.5, 0.6) is 0 Å². The van der Waals surface area contributed by atoms with E-state index in [2.05, 4.69) is 39.9 Å². The van der Waals surface area contributed by atoms with E-state index in [4.69, 9.17) is 4.74 Å². The second-order valence-corrected chi connectivity index (χ2v) is 6.02. The van der Waals surface area contributed by atoms with Gasteiger partial charge in [-0.05, 0) is 46.1 Å². The van der Waals surface area contributed by atoms with Gasteiger partial charge in [0.2, 0.25) is 0 Å². The van der Waals surface area contributed by atoms with E-state index in [1.54, 1.807) is 0 Å². The van der Waals surface area contributed by atoms with Crippen molar-refractivity contribution in [2.45, 2.75) is 72.3 Å². The molecule has 17 heavy (non-hydrogen) atoms. The first-order chi connectivity index (χ1) is 7.99. The van der Waals surface area contributed by atoms with Crippen LogP contribution in [0.2, 0.25) is 0 Å². The number of unbranched alkanes of at least 4 members (excludes halogenated alkanes) is 1. The first-order valence-corrected chi connectivity index (χ1v) is 7.32. The lowest BCUT2D eigenvalue weighted by atomic mass is 10.0. The number of nitrogens with one attached hydrogen (secondary N) is 1. The zero-order valence-corrected chi connectivity index (χ0v) is 12.6. The Labute approximate surface area is 109 Å². The Morgan fingerprint density at radius 1 is 1.12 bits per heavy atom. The van der Waals surface area contributed by atoms with Gasteiger partial charge in [-0.1, -0.05) is 33.1 Å². The predicted octanol–water partition coefficient (Wildman–Crippen LogP) is 4.00. The van der Waals surface area contributed by atoms with Crippen molar-refractivity contribution in [3.05, 3.63) is 0 Å². The standard InChI is InChI=1S/C15H33NO/c1-6-8-10-14(7-2)13-17-12-9-11-16-15(3,4)5/h14,16H,6-13H2,1-5H3. The molecule has 0 aromatic carbocycles. The van der Waals surface area contributed by atoms with Gasteiger partial charge in [-0.3, -0.25) is 0 Å². The highest BCUT2D eigenvalue weighted by atomic mass is 16.5. The van der Waals surface area contributed by atoms with Gasteiger partial charge in [0, 0.05) is 18.8 Å². The summed E-state index contributed by atoms with van der Waals surface area (Å²) in [4.78, 5) is 0. The second kappa shape index (κ2) is 9.90. The maximum absolute atomic E-state index is 5.76. The van der Waals surface area contributed by atoms with E-state index in [0.29, 0.717) is 0 Å². The Morgan fingerprint density at radius 3 is 2.35 bits per heavy atom. The van der Waals surface area contributed by atoms with Gasteiger partial charge in [-0.15, -0.1) is 0 Å². The van der Waals surface area contributed by atoms with Gasteiger partial charge in [0.05, 0.1) is 0 Å². The smallest absolute Gasteiger partial charge is 0.0494 e. The van der Waals surface area contributed by atoms with E-state index < -0.39 is 0 Å². The lowest BCUT2D eigenvalue weighted by Crippen LogP contribution is -2.36. The summed E-state index contributed by atoms with van der Waals surface area (Å²) in [5, 5.41) is 3.48. The third-order valence-corrected chi connectivity index (χ3v) is 3.02. The molecule has 0 radical (unpaired) electrons. The fraction of sp³-hybridized carbons (Fsp3) is 1.00. The number of hydrogen-bond acceptors (Lipinski definition) is 2. The average molecular weight is 243 g/mol. The van der Waals surface area contributed by atoms with E-state index >= 15 is 0 Å². The summed E-state index contributed by atoms with van der Waals surface area (Å²) in [6.07, 6.45) is 6.33. The second-order valence-electron chi connectivity index (χ2n) is 6.02. The van der Waals surface area contributed by atoms with Crippen LogP contribution in [-0.2, 0) is 4.74 Å². The number of rotatable bonds is 10. The molecule has 0 aliphatic heterocycles. The summed E-state index contributed by atoms with van der Waals surface area (Å²) in [5.74, 6) is 0.769. The van der Waals surface area contributed by atoms with E-state index in [-0.39, 0.29) is 5.54 Å². The maximum atomic E-state index is 5.76. The molecule has 1 unspecified atom stereocenters. The van der Waals surface area contributed by atoms with E-state index in [9.17, 15) is 0 Å². The van der Waals surface area contributed by atoms with Crippen LogP contribution in [0, 0.1) is 5.92 Å². The van der Waals surface area contributed by atoms with Crippen molar-refractivity contribution in [3.8, 4) is 0 Å². The summed E-state index contributed by atoms with van der Waals surface area (Å²) < 4.78 is 5.76. The summed E-state index contributed by atoms with van der Waals surface area (Å²) >= 11 is 0. The summed E-state index contributed by atoms with van der Waals surface area (Å²) in [6.45, 7) is 14.0. The normalized spacial score (nSPS) is 13.9. The van der Waals surface area contributed by atoms with Gasteiger partial charge in [0.25, 0.3) is 0 Å². The Hall–Kier alpha value is -0.0800. The van der Waals surface area contributed by atoms with Crippen LogP contribution in [0.15, 0.2) is 0 Å². The Bertz CT molecular complexity index is 163. The average Bonchev–Trinajstić information content (AvgIpc) is 2.25. The van der Waals surface area contributed by atoms with Crippen LogP contribution < -0.4 is 5.32 Å². The van der Waals surface area contributed by atoms with Crippen LogP contribution in [0.3, 0.4) is 0 Å². The Morgan fingerprint density at radius 2 is 1.82 bits per heavy atom. The van der Waals surface area contributed by atoms with Gasteiger partial charge < -0.3 is 10.1 Å². The molecule has 104 valence electrons. The SMILES string of the molecule is CCCCC(CC)COCCCNC(C)(C)C. The largest absolute Gasteiger partial charge is 0.381 e. The monoisotopic (exact) mass is 243 g/mol. The van der Waals surface area contributed by atoms with E-state index in [0.717, 1.165) is 32.1 Å². The number of hydrogen-bond donors (Lipinski definition) is 1. The topological polar surface area (TPSA) is 21.3 Å². The highest BCUT2D eigenvalue weighted by molar-refractivity contribution is 4.69. The van der Waals surface area contributed by atoms with Crippen LogP contribution in [0.4, 0.5) is 0 Å². The lowest BCUT2D eigenvalue weighted by Gasteiger charge is -2.20. The van der Waals surface area contributed by atoms with Crippen molar-refractivity contribution >= 4 is 0 Å². The molecule has 0 saturated carbocycles. The Balaban J connectivity index is 3.36. The van der Waals surface area contributed by atoms with Crippen LogP contribution in [-0.4, -0.2) is 25.3 Å². The van der Waals surface area contributed by atoms with Crippen LogP contribution >= 0.6 is 0 Å². The fourth-order valence-electron chi connectivity index (χ4n) is 1.79. The first kappa shape index (κ1) is 16.9. The first-order valence-electron chi connectivity index (χ1n) is 7.32. The molecule has 2 heteroatoms. The molecule has 0 aromatic rings. The fourth-order valence-corrected chi connectivity index (χ4v) is 1.79. The molecule has 0 saturated heterocycles. The van der Waals surface area contributed by atoms with Crippen molar-refractivity contribution in [1.29, 1.82) is 0 Å². The molecule has 0 aliphatic rings. The van der Waals surface area contributed by atoms with Gasteiger partial charge in [0.15, 0.2) is 0 Å². The van der Waals surface area contributed by atoms with Crippen LogP contribution in [0.1, 0.15) is 66.7 Å². The molecular weight excluding hydrogens is 210 g/mol. The summed E-state index contributed by atoms with van der Waals surface area (Å²) in [5.41, 5.74) is 0.229. The summed E-state index contributed by atoms with van der Waals surface area (Å²) in [7, 11) is 0. The zero-order chi connectivity index (χ0) is 13.1. The molecule has 0 rings (SSSR count). The number of ether oxygens (including phenoxy) is 1. The van der Waals surface area contributed by atoms with Crippen molar-refractivity contribution in [1.82, 2.24) is 5.32 Å². The summed E-state index contributed by atoms with van der Waals surface area (Å²) in [6, 6.07) is 0. The molecular formula is C15H33NO. The molecule has 0 amide bonds. The molecule has 1 N–H and O–H groups in total. The minimum absolute atomic E-state index is 0.229. The minimum Gasteiger partial charge on any atom is -0.381 e. The molecule has 0 heterocycles. The zero-order valence-electron chi connectivity index (χ0n) is 12.6. The molecule has 1 atom stereocenters. The van der Waals surface area contributed by atoms with Gasteiger partial charge in [0.1, 0.15) is 0 Å². The van der Waals surface area contributed by atoms with Gasteiger partial charge in [-0.2, -0.15) is 0 Å². The Kier molecular flexibility index (Phi) is 9.85. The molecule has 2 nitrogen and oxygen atoms in total. The van der Waals surface area contributed by atoms with Crippen molar-refractivity contribution in [2.75, 3.05) is 19.8 Å². The van der Waals surface area contributed by atoms with Crippen LogP contribution in [0.25, 0.3) is 0 Å². The van der Waals surface area contributed by atoms with E-state index in [1.807, 2.05) is 0 Å². The van der Waals surface area contributed by atoms with Gasteiger partial charge >= 0.3 is 0 Å². The molecule has 0 spiro atoms. The van der Waals surface area contributed by atoms with E-state index in [1.165, 1.54) is 25.7 Å². The maximum Gasteiger partial charge on any atom is 0.0494 e. The van der Waals surface area contributed by atoms with Crippen molar-refractivity contribution in [3.63, 3.8) is 0 Å². The molecule has 0 aliphatic carbocycles. The minimum atomic E-state index is 0.229. The molecule has 0 aromatic heterocycles. The van der Waals surface area contributed by atoms with Gasteiger partial charge in [-0.25, -0.2) is 0 Å². The molecule has 0 bridgehead atoms. The predicted molar refractivity (Wildman–Crippen MR) is 76.5 cm³/mol. The molecule has 0 fully saturated rings. The lowest BCUT2D eigenvalue weighted by molar-refractivity contribution is 0.0913. The van der Waals surface area contributed by atoms with Crippen molar-refractivity contribution in [2.24, 2.45) is 5.92 Å².